The molecule has 0 bridgehead atoms. The van der Waals surface area contributed by atoms with Gasteiger partial charge in [-0.2, -0.15) is 5.10 Å². The van der Waals surface area contributed by atoms with Crippen LogP contribution < -0.4 is 5.32 Å². The molecule has 0 saturated carbocycles. The standard InChI is InChI=1S/C9H17N3O2/c1-12-8-9(7-11-12)6-10-2-4-14-5-3-13/h7-8,10,13H,2-6H2,1H3. The maximum Gasteiger partial charge on any atom is 0.0698 e. The Kier molecular flexibility index (Phi) is 5.21. The summed E-state index contributed by atoms with van der Waals surface area (Å²) in [6.45, 7) is 2.71. The van der Waals surface area contributed by atoms with E-state index < -0.39 is 0 Å². The van der Waals surface area contributed by atoms with Crippen LogP contribution in [0.25, 0.3) is 0 Å². The Morgan fingerprint density at radius 2 is 2.43 bits per heavy atom. The third kappa shape index (κ3) is 4.36. The Hall–Kier alpha value is -0.910. The van der Waals surface area contributed by atoms with Gasteiger partial charge in [0.05, 0.1) is 26.0 Å². The summed E-state index contributed by atoms with van der Waals surface area (Å²) in [4.78, 5) is 0. The molecule has 80 valence electrons. The maximum absolute atomic E-state index is 8.45. The first-order valence-corrected chi connectivity index (χ1v) is 4.70. The summed E-state index contributed by atoms with van der Waals surface area (Å²) in [5.74, 6) is 0. The monoisotopic (exact) mass is 199 g/mol. The average molecular weight is 199 g/mol. The van der Waals surface area contributed by atoms with Crippen molar-refractivity contribution in [2.45, 2.75) is 6.54 Å². The maximum atomic E-state index is 8.45. The molecule has 0 radical (unpaired) electrons. The second-order valence-corrected chi connectivity index (χ2v) is 3.04. The van der Waals surface area contributed by atoms with Crippen molar-refractivity contribution in [2.24, 2.45) is 7.05 Å². The van der Waals surface area contributed by atoms with Crippen LogP contribution in [0, 0.1) is 0 Å². The van der Waals surface area contributed by atoms with Gasteiger partial charge in [0.2, 0.25) is 0 Å². The van der Waals surface area contributed by atoms with E-state index in [1.165, 1.54) is 0 Å². The van der Waals surface area contributed by atoms with Crippen molar-refractivity contribution in [2.75, 3.05) is 26.4 Å². The summed E-state index contributed by atoms with van der Waals surface area (Å²) in [7, 11) is 1.90. The van der Waals surface area contributed by atoms with Crippen molar-refractivity contribution >= 4 is 0 Å². The molecule has 0 aliphatic heterocycles. The smallest absolute Gasteiger partial charge is 0.0698 e. The van der Waals surface area contributed by atoms with Crippen LogP contribution >= 0.6 is 0 Å². The minimum absolute atomic E-state index is 0.0859. The van der Waals surface area contributed by atoms with E-state index in [0.29, 0.717) is 13.2 Å². The molecule has 1 rings (SSSR count). The highest BCUT2D eigenvalue weighted by Crippen LogP contribution is 1.93. The van der Waals surface area contributed by atoms with E-state index >= 15 is 0 Å². The summed E-state index contributed by atoms with van der Waals surface area (Å²) < 4.78 is 6.87. The van der Waals surface area contributed by atoms with Crippen LogP contribution in [0.3, 0.4) is 0 Å². The van der Waals surface area contributed by atoms with E-state index in [2.05, 4.69) is 10.4 Å². The van der Waals surface area contributed by atoms with Crippen molar-refractivity contribution in [3.8, 4) is 0 Å². The molecule has 14 heavy (non-hydrogen) atoms. The highest BCUT2D eigenvalue weighted by atomic mass is 16.5. The molecular formula is C9H17N3O2. The summed E-state index contributed by atoms with van der Waals surface area (Å²) >= 11 is 0. The highest BCUT2D eigenvalue weighted by Gasteiger charge is 1.94. The van der Waals surface area contributed by atoms with Gasteiger partial charge in [-0.25, -0.2) is 0 Å². The Labute approximate surface area is 83.7 Å². The van der Waals surface area contributed by atoms with Crippen LogP contribution in [0.4, 0.5) is 0 Å². The molecule has 0 saturated heterocycles. The molecule has 0 amide bonds. The fraction of sp³-hybridized carbons (Fsp3) is 0.667. The fourth-order valence-electron chi connectivity index (χ4n) is 1.11. The number of aryl methyl sites for hydroxylation is 1. The lowest BCUT2D eigenvalue weighted by molar-refractivity contribution is 0.0938. The number of hydrogen-bond acceptors (Lipinski definition) is 4. The number of aromatic nitrogens is 2. The highest BCUT2D eigenvalue weighted by molar-refractivity contribution is 5.02. The number of nitrogens with zero attached hydrogens (tertiary/aromatic N) is 2. The van der Waals surface area contributed by atoms with Gasteiger partial charge in [-0.3, -0.25) is 4.68 Å². The van der Waals surface area contributed by atoms with Crippen LogP contribution in [-0.2, 0) is 18.3 Å². The molecule has 0 aliphatic carbocycles. The van der Waals surface area contributed by atoms with Gasteiger partial charge in [-0.05, 0) is 0 Å². The van der Waals surface area contributed by atoms with Gasteiger partial charge in [-0.15, -0.1) is 0 Å². The van der Waals surface area contributed by atoms with Crippen molar-refractivity contribution in [1.29, 1.82) is 0 Å². The number of aliphatic hydroxyl groups excluding tert-OH is 1. The SMILES string of the molecule is Cn1cc(CNCCOCCO)cn1. The molecule has 0 spiro atoms. The van der Waals surface area contributed by atoms with Gasteiger partial charge < -0.3 is 15.2 Å². The summed E-state index contributed by atoms with van der Waals surface area (Å²) in [5.41, 5.74) is 1.16. The van der Waals surface area contributed by atoms with Gasteiger partial charge in [-0.1, -0.05) is 0 Å². The van der Waals surface area contributed by atoms with E-state index in [1.807, 2.05) is 19.4 Å². The zero-order valence-corrected chi connectivity index (χ0v) is 8.44. The second kappa shape index (κ2) is 6.53. The lowest BCUT2D eigenvalue weighted by atomic mass is 10.3. The molecule has 0 fully saturated rings. The molecule has 1 aromatic heterocycles. The third-order valence-corrected chi connectivity index (χ3v) is 1.75. The van der Waals surface area contributed by atoms with E-state index in [9.17, 15) is 0 Å². The molecule has 5 nitrogen and oxygen atoms in total. The van der Waals surface area contributed by atoms with Crippen molar-refractivity contribution < 1.29 is 9.84 Å². The van der Waals surface area contributed by atoms with Crippen LogP contribution in [0.2, 0.25) is 0 Å². The quantitative estimate of drug-likeness (QED) is 0.582. The summed E-state index contributed by atoms with van der Waals surface area (Å²) in [6, 6.07) is 0. The Balaban J connectivity index is 1.99. The van der Waals surface area contributed by atoms with Crippen molar-refractivity contribution in [1.82, 2.24) is 15.1 Å². The zero-order chi connectivity index (χ0) is 10.2. The van der Waals surface area contributed by atoms with Crippen molar-refractivity contribution in [3.63, 3.8) is 0 Å². The first-order valence-electron chi connectivity index (χ1n) is 4.70. The molecule has 5 heteroatoms. The predicted molar refractivity (Wildman–Crippen MR) is 52.8 cm³/mol. The lowest BCUT2D eigenvalue weighted by Crippen LogP contribution is -2.19. The van der Waals surface area contributed by atoms with Gasteiger partial charge in [0.1, 0.15) is 0 Å². The van der Waals surface area contributed by atoms with E-state index in [0.717, 1.165) is 18.7 Å². The summed E-state index contributed by atoms with van der Waals surface area (Å²) in [5, 5.41) is 15.7. The molecule has 1 heterocycles. The number of ether oxygens (including phenoxy) is 1. The number of aliphatic hydroxyl groups is 1. The Morgan fingerprint density at radius 3 is 3.07 bits per heavy atom. The van der Waals surface area contributed by atoms with Crippen LogP contribution in [0.1, 0.15) is 5.56 Å². The third-order valence-electron chi connectivity index (χ3n) is 1.75. The molecule has 0 aliphatic rings. The normalized spacial score (nSPS) is 10.7. The number of nitrogens with one attached hydrogen (secondary N) is 1. The van der Waals surface area contributed by atoms with Gasteiger partial charge in [0, 0.05) is 31.9 Å². The minimum Gasteiger partial charge on any atom is -0.394 e. The molecular weight excluding hydrogens is 182 g/mol. The first-order chi connectivity index (χ1) is 6.83. The zero-order valence-electron chi connectivity index (χ0n) is 8.44. The number of rotatable bonds is 7. The Morgan fingerprint density at radius 1 is 1.57 bits per heavy atom. The fourth-order valence-corrected chi connectivity index (χ4v) is 1.11. The van der Waals surface area contributed by atoms with Crippen LogP contribution in [0.15, 0.2) is 12.4 Å². The summed E-state index contributed by atoms with van der Waals surface area (Å²) in [6.07, 6.45) is 3.81. The molecule has 0 unspecified atom stereocenters. The van der Waals surface area contributed by atoms with E-state index in [-0.39, 0.29) is 6.61 Å². The molecule has 0 aromatic carbocycles. The molecule has 1 aromatic rings. The average Bonchev–Trinajstić information content (AvgIpc) is 2.58. The van der Waals surface area contributed by atoms with Crippen LogP contribution in [0.5, 0.6) is 0 Å². The lowest BCUT2D eigenvalue weighted by Gasteiger charge is -2.03. The van der Waals surface area contributed by atoms with Gasteiger partial charge in [0.25, 0.3) is 0 Å². The first kappa shape index (κ1) is 11.2. The van der Waals surface area contributed by atoms with Crippen molar-refractivity contribution in [3.05, 3.63) is 18.0 Å². The number of hydrogen-bond donors (Lipinski definition) is 2. The van der Waals surface area contributed by atoms with E-state index in [1.54, 1.807) is 4.68 Å². The minimum atomic E-state index is 0.0859. The van der Waals surface area contributed by atoms with Gasteiger partial charge in [0.15, 0.2) is 0 Å². The van der Waals surface area contributed by atoms with Gasteiger partial charge >= 0.3 is 0 Å². The molecule has 0 atom stereocenters. The van der Waals surface area contributed by atoms with Crippen LogP contribution in [-0.4, -0.2) is 41.3 Å². The second-order valence-electron chi connectivity index (χ2n) is 3.04. The topological polar surface area (TPSA) is 59.3 Å². The predicted octanol–water partition coefficient (Wildman–Crippen LogP) is -0.481. The van der Waals surface area contributed by atoms with E-state index in [4.69, 9.17) is 9.84 Å². The molecule has 2 N–H and O–H groups in total. The largest absolute Gasteiger partial charge is 0.394 e. The Bertz CT molecular complexity index is 250.